The Kier molecular flexibility index (Phi) is 7.45. The van der Waals surface area contributed by atoms with Gasteiger partial charge in [-0.2, -0.15) is 16.8 Å². The summed E-state index contributed by atoms with van der Waals surface area (Å²) in [7, 11) is -8.64. The van der Waals surface area contributed by atoms with E-state index in [-0.39, 0.29) is 20.9 Å². The highest BCUT2D eigenvalue weighted by molar-refractivity contribution is 7.87. The van der Waals surface area contributed by atoms with Crippen molar-refractivity contribution in [2.45, 2.75) is 23.6 Å². The second kappa shape index (κ2) is 9.63. The molecule has 0 aliphatic rings. The second-order valence-electron chi connectivity index (χ2n) is 5.80. The Morgan fingerprint density at radius 1 is 0.700 bits per heavy atom. The van der Waals surface area contributed by atoms with Gasteiger partial charge in [0.25, 0.3) is 0 Å². The zero-order valence-electron chi connectivity index (χ0n) is 15.9. The van der Waals surface area contributed by atoms with Crippen molar-refractivity contribution in [2.75, 3.05) is 0 Å². The van der Waals surface area contributed by atoms with Crippen LogP contribution in [0.5, 0.6) is 0 Å². The van der Waals surface area contributed by atoms with Gasteiger partial charge >= 0.3 is 20.2 Å². The number of hydrogen-bond donors (Lipinski definition) is 2. The van der Waals surface area contributed by atoms with Gasteiger partial charge in [0.2, 0.25) is 11.8 Å². The van der Waals surface area contributed by atoms with E-state index in [1.807, 2.05) is 0 Å². The zero-order valence-corrected chi connectivity index (χ0v) is 17.5. The van der Waals surface area contributed by atoms with Crippen molar-refractivity contribution in [3.63, 3.8) is 0 Å². The molecule has 0 bridgehead atoms. The first-order chi connectivity index (χ1) is 14.0. The van der Waals surface area contributed by atoms with Crippen molar-refractivity contribution in [3.05, 3.63) is 59.7 Å². The molecule has 0 radical (unpaired) electrons. The quantitative estimate of drug-likeness (QED) is 0.449. The van der Waals surface area contributed by atoms with Gasteiger partial charge in [-0.05, 0) is 23.3 Å². The molecule has 0 heterocycles. The van der Waals surface area contributed by atoms with Crippen molar-refractivity contribution >= 4 is 44.2 Å². The topological polar surface area (TPSA) is 145 Å². The number of nitrogens with one attached hydrogen (secondary N) is 2. The molecule has 10 nitrogen and oxygen atoms in total. The third kappa shape index (κ3) is 6.22. The molecule has 2 rings (SSSR count). The minimum Gasteiger partial charge on any atom is -0.273 e. The Morgan fingerprint density at radius 2 is 1.03 bits per heavy atom. The minimum atomic E-state index is -4.32. The normalized spacial score (nSPS) is 11.9. The van der Waals surface area contributed by atoms with Crippen molar-refractivity contribution in [3.8, 4) is 0 Å². The average molecular weight is 454 g/mol. The number of rotatable bonds is 8. The van der Waals surface area contributed by atoms with Crippen LogP contribution < -0.4 is 11.0 Å². The van der Waals surface area contributed by atoms with E-state index in [0.29, 0.717) is 0 Å². The standard InChI is InChI=1S/C18H18N2O8S2/c1-13(21)19-27-29(23,24)17-9-5-3-7-15(17)11-12-16-8-4-6-10-18(16)30(25,26)28-20-14(2)22/h3-12H,1-2H3,(H,19,21)(H,20,22). The Morgan fingerprint density at radius 3 is 1.37 bits per heavy atom. The third-order valence-corrected chi connectivity index (χ3v) is 5.84. The van der Waals surface area contributed by atoms with E-state index in [2.05, 4.69) is 8.57 Å². The molecule has 0 unspecified atom stereocenters. The molecule has 0 aliphatic heterocycles. The fourth-order valence-electron chi connectivity index (χ4n) is 2.19. The van der Waals surface area contributed by atoms with Crippen LogP contribution >= 0.6 is 0 Å². The monoisotopic (exact) mass is 454 g/mol. The van der Waals surface area contributed by atoms with Gasteiger partial charge in [-0.25, -0.2) is 11.0 Å². The predicted molar refractivity (Wildman–Crippen MR) is 106 cm³/mol. The first-order valence-electron chi connectivity index (χ1n) is 8.29. The van der Waals surface area contributed by atoms with Crippen LogP contribution in [0.1, 0.15) is 25.0 Å². The Bertz CT molecular complexity index is 1090. The van der Waals surface area contributed by atoms with Gasteiger partial charge in [0, 0.05) is 13.8 Å². The largest absolute Gasteiger partial charge is 0.318 e. The maximum atomic E-state index is 12.3. The lowest BCUT2D eigenvalue weighted by molar-refractivity contribution is -0.125. The number of benzene rings is 2. The smallest absolute Gasteiger partial charge is 0.273 e. The predicted octanol–water partition coefficient (Wildman–Crippen LogP) is 1.37. The molecule has 30 heavy (non-hydrogen) atoms. The number of amides is 2. The Labute approximate surface area is 173 Å². The first-order valence-corrected chi connectivity index (χ1v) is 11.1. The van der Waals surface area contributed by atoms with E-state index in [4.69, 9.17) is 0 Å². The fourth-order valence-corrected chi connectivity index (χ4v) is 4.16. The maximum Gasteiger partial charge on any atom is 0.318 e. The Balaban J connectivity index is 2.41. The number of hydrogen-bond acceptors (Lipinski definition) is 8. The van der Waals surface area contributed by atoms with Crippen LogP contribution in [0.25, 0.3) is 12.2 Å². The summed E-state index contributed by atoms with van der Waals surface area (Å²) in [5, 5.41) is 0. The lowest BCUT2D eigenvalue weighted by Crippen LogP contribution is -2.25. The van der Waals surface area contributed by atoms with Crippen LogP contribution in [0, 0.1) is 0 Å². The average Bonchev–Trinajstić information content (AvgIpc) is 2.70. The second-order valence-corrected chi connectivity index (χ2v) is 8.83. The molecule has 12 heteroatoms. The molecule has 0 saturated heterocycles. The molecule has 0 spiro atoms. The number of hydroxylamine groups is 2. The van der Waals surface area contributed by atoms with Crippen LogP contribution in [0.2, 0.25) is 0 Å². The van der Waals surface area contributed by atoms with Crippen LogP contribution in [0.15, 0.2) is 58.3 Å². The molecule has 160 valence electrons. The summed E-state index contributed by atoms with van der Waals surface area (Å²) in [6.45, 7) is 2.17. The van der Waals surface area contributed by atoms with Crippen LogP contribution in [-0.4, -0.2) is 28.6 Å². The van der Waals surface area contributed by atoms with E-state index in [1.54, 1.807) is 23.1 Å². The van der Waals surface area contributed by atoms with Crippen molar-refractivity contribution in [1.29, 1.82) is 0 Å². The van der Waals surface area contributed by atoms with Gasteiger partial charge < -0.3 is 0 Å². The van der Waals surface area contributed by atoms with Crippen LogP contribution in [0.4, 0.5) is 0 Å². The highest BCUT2D eigenvalue weighted by Gasteiger charge is 2.21. The number of carbonyl (C=O) groups excluding carboxylic acids is 2. The lowest BCUT2D eigenvalue weighted by Gasteiger charge is -2.09. The van der Waals surface area contributed by atoms with Crippen LogP contribution in [-0.2, 0) is 38.4 Å². The summed E-state index contributed by atoms with van der Waals surface area (Å²) in [5.41, 5.74) is 3.87. The van der Waals surface area contributed by atoms with Gasteiger partial charge in [-0.1, -0.05) is 48.6 Å². The lowest BCUT2D eigenvalue weighted by atomic mass is 10.1. The van der Waals surface area contributed by atoms with Crippen molar-refractivity contribution < 1.29 is 35.0 Å². The molecule has 2 aromatic rings. The summed E-state index contributed by atoms with van der Waals surface area (Å²) < 4.78 is 58.2. The van der Waals surface area contributed by atoms with E-state index < -0.39 is 32.1 Å². The Hall–Kier alpha value is -3.06. The van der Waals surface area contributed by atoms with E-state index >= 15 is 0 Å². The molecule has 0 aromatic heterocycles. The summed E-state index contributed by atoms with van der Waals surface area (Å²) in [5.74, 6) is -1.41. The van der Waals surface area contributed by atoms with Crippen molar-refractivity contribution in [1.82, 2.24) is 11.0 Å². The van der Waals surface area contributed by atoms with Gasteiger partial charge in [0.15, 0.2) is 0 Å². The molecule has 2 N–H and O–H groups in total. The summed E-state index contributed by atoms with van der Waals surface area (Å²) >= 11 is 0. The third-order valence-electron chi connectivity index (χ3n) is 3.41. The summed E-state index contributed by atoms with van der Waals surface area (Å²) in [6.07, 6.45) is 2.72. The molecule has 2 amide bonds. The van der Waals surface area contributed by atoms with Gasteiger partial charge in [-0.3, -0.25) is 9.59 Å². The van der Waals surface area contributed by atoms with E-state index in [9.17, 15) is 26.4 Å². The summed E-state index contributed by atoms with van der Waals surface area (Å²) in [6, 6.07) is 11.5. The maximum absolute atomic E-state index is 12.3. The molecule has 0 saturated carbocycles. The van der Waals surface area contributed by atoms with Crippen LogP contribution in [0.3, 0.4) is 0 Å². The number of carbonyl (C=O) groups is 2. The molecule has 0 atom stereocenters. The molecule has 0 aliphatic carbocycles. The first kappa shape index (κ1) is 23.2. The minimum absolute atomic E-state index is 0.179. The molecule has 0 fully saturated rings. The molecular weight excluding hydrogens is 436 g/mol. The highest BCUT2D eigenvalue weighted by atomic mass is 32.2. The summed E-state index contributed by atoms with van der Waals surface area (Å²) in [4.78, 5) is 21.4. The van der Waals surface area contributed by atoms with Gasteiger partial charge in [0.1, 0.15) is 9.79 Å². The zero-order chi connectivity index (χ0) is 22.4. The fraction of sp³-hybridized carbons (Fsp3) is 0.111. The molecular formula is C18H18N2O8S2. The van der Waals surface area contributed by atoms with Gasteiger partial charge in [-0.15, -0.1) is 8.57 Å². The highest BCUT2D eigenvalue weighted by Crippen LogP contribution is 2.23. The van der Waals surface area contributed by atoms with E-state index in [1.165, 1.54) is 48.6 Å². The van der Waals surface area contributed by atoms with Gasteiger partial charge in [0.05, 0.1) is 0 Å². The van der Waals surface area contributed by atoms with Crippen molar-refractivity contribution in [2.24, 2.45) is 0 Å². The SMILES string of the molecule is CC(=O)NOS(=O)(=O)c1ccccc1C=Cc1ccccc1S(=O)(=O)ONC(C)=O. The molecule has 2 aromatic carbocycles. The van der Waals surface area contributed by atoms with E-state index in [0.717, 1.165) is 13.8 Å².